The number of rotatable bonds is 5. The monoisotopic (exact) mass is 331 g/mol. The number of aliphatic carboxylic acids is 1. The first kappa shape index (κ1) is 15.9. The van der Waals surface area contributed by atoms with Gasteiger partial charge >= 0.3 is 5.97 Å². The molecule has 1 aromatic carbocycles. The van der Waals surface area contributed by atoms with E-state index in [9.17, 15) is 9.59 Å². The van der Waals surface area contributed by atoms with Crippen LogP contribution in [-0.2, 0) is 17.8 Å². The van der Waals surface area contributed by atoms with Crippen LogP contribution in [0.25, 0.3) is 0 Å². The van der Waals surface area contributed by atoms with Crippen molar-refractivity contribution in [1.29, 1.82) is 0 Å². The van der Waals surface area contributed by atoms with Gasteiger partial charge in [-0.25, -0.2) is 0 Å². The molecule has 0 fully saturated rings. The van der Waals surface area contributed by atoms with Gasteiger partial charge in [-0.15, -0.1) is 0 Å². The molecule has 0 radical (unpaired) electrons. The Morgan fingerprint density at radius 2 is 1.96 bits per heavy atom. The summed E-state index contributed by atoms with van der Waals surface area (Å²) in [5, 5.41) is 11.7. The molecule has 0 atom stereocenters. The van der Waals surface area contributed by atoms with Crippen LogP contribution in [0, 0.1) is 6.92 Å². The molecule has 0 saturated heterocycles. The first-order valence-electron chi connectivity index (χ1n) is 7.50. The van der Waals surface area contributed by atoms with E-state index in [0.29, 0.717) is 30.3 Å². The fourth-order valence-corrected chi connectivity index (χ4v) is 2.54. The van der Waals surface area contributed by atoms with Crippen molar-refractivity contribution in [1.82, 2.24) is 5.32 Å². The predicted octanol–water partition coefficient (Wildman–Crippen LogP) is 1.92. The molecule has 0 bridgehead atoms. The topological polar surface area (TPSA) is 98.0 Å². The van der Waals surface area contributed by atoms with Gasteiger partial charge in [0.25, 0.3) is 5.91 Å². The summed E-state index contributed by atoms with van der Waals surface area (Å²) in [5.74, 6) is 0.0714. The van der Waals surface area contributed by atoms with Gasteiger partial charge in [-0.3, -0.25) is 9.59 Å². The van der Waals surface area contributed by atoms with E-state index in [1.54, 1.807) is 13.0 Å². The van der Waals surface area contributed by atoms with Crippen LogP contribution in [0.15, 0.2) is 28.9 Å². The normalized spacial score (nSPS) is 12.7. The van der Waals surface area contributed by atoms with Crippen molar-refractivity contribution < 1.29 is 28.6 Å². The third-order valence-corrected chi connectivity index (χ3v) is 3.65. The first-order valence-corrected chi connectivity index (χ1v) is 7.50. The van der Waals surface area contributed by atoms with Crippen molar-refractivity contribution >= 4 is 11.9 Å². The van der Waals surface area contributed by atoms with Crippen LogP contribution >= 0.6 is 0 Å². The summed E-state index contributed by atoms with van der Waals surface area (Å²) in [6.45, 7) is 3.01. The van der Waals surface area contributed by atoms with Crippen molar-refractivity contribution in [2.45, 2.75) is 19.9 Å². The highest BCUT2D eigenvalue weighted by atomic mass is 16.6. The number of carbonyl (C=O) groups excluding carboxylic acids is 1. The maximum Gasteiger partial charge on any atom is 0.311 e. The zero-order chi connectivity index (χ0) is 17.1. The maximum absolute atomic E-state index is 12.4. The zero-order valence-electron chi connectivity index (χ0n) is 13.1. The fourth-order valence-electron chi connectivity index (χ4n) is 2.54. The van der Waals surface area contributed by atoms with E-state index in [0.717, 1.165) is 5.56 Å². The van der Waals surface area contributed by atoms with Gasteiger partial charge in [0.1, 0.15) is 25.4 Å². The van der Waals surface area contributed by atoms with Crippen LogP contribution in [-0.4, -0.2) is 30.2 Å². The van der Waals surface area contributed by atoms with Gasteiger partial charge in [-0.2, -0.15) is 0 Å². The molecule has 1 amide bonds. The Balaban J connectivity index is 1.70. The summed E-state index contributed by atoms with van der Waals surface area (Å²) in [4.78, 5) is 23.2. The molecule has 0 aliphatic carbocycles. The Morgan fingerprint density at radius 1 is 1.21 bits per heavy atom. The van der Waals surface area contributed by atoms with E-state index in [1.165, 1.54) is 6.26 Å². The lowest BCUT2D eigenvalue weighted by Gasteiger charge is -2.19. The molecular formula is C17H17NO6. The average molecular weight is 331 g/mol. The molecule has 1 aromatic heterocycles. The van der Waals surface area contributed by atoms with Crippen LogP contribution in [0.3, 0.4) is 0 Å². The third kappa shape index (κ3) is 3.34. The van der Waals surface area contributed by atoms with Gasteiger partial charge in [0.15, 0.2) is 11.5 Å². The maximum atomic E-state index is 12.4. The number of ether oxygens (including phenoxy) is 2. The third-order valence-electron chi connectivity index (χ3n) is 3.65. The van der Waals surface area contributed by atoms with Crippen LogP contribution in [0.2, 0.25) is 0 Å². The molecular weight excluding hydrogens is 314 g/mol. The number of hydrogen-bond acceptors (Lipinski definition) is 5. The molecule has 24 heavy (non-hydrogen) atoms. The predicted molar refractivity (Wildman–Crippen MR) is 83.4 cm³/mol. The molecule has 2 aromatic rings. The summed E-state index contributed by atoms with van der Waals surface area (Å²) < 4.78 is 16.1. The molecule has 3 rings (SSSR count). The number of hydrogen-bond donors (Lipinski definition) is 2. The lowest BCUT2D eigenvalue weighted by atomic mass is 10.1. The number of aryl methyl sites for hydroxylation is 1. The molecule has 0 saturated carbocycles. The van der Waals surface area contributed by atoms with E-state index >= 15 is 0 Å². The van der Waals surface area contributed by atoms with Crippen molar-refractivity contribution in [3.8, 4) is 11.5 Å². The van der Waals surface area contributed by atoms with E-state index in [4.69, 9.17) is 19.0 Å². The summed E-state index contributed by atoms with van der Waals surface area (Å²) in [6, 6.07) is 5.46. The SMILES string of the molecule is Cc1coc(CC(=O)O)c1C(=O)NCc1ccc2c(c1)OCCO2. The Morgan fingerprint density at radius 3 is 2.71 bits per heavy atom. The summed E-state index contributed by atoms with van der Waals surface area (Å²) in [7, 11) is 0. The lowest BCUT2D eigenvalue weighted by molar-refractivity contribution is -0.136. The number of carbonyl (C=O) groups is 2. The highest BCUT2D eigenvalue weighted by Gasteiger charge is 2.20. The molecule has 2 heterocycles. The highest BCUT2D eigenvalue weighted by molar-refractivity contribution is 5.97. The van der Waals surface area contributed by atoms with Gasteiger partial charge in [0.2, 0.25) is 0 Å². The molecule has 1 aliphatic rings. The van der Waals surface area contributed by atoms with Gasteiger partial charge in [-0.1, -0.05) is 6.07 Å². The van der Waals surface area contributed by atoms with Gasteiger partial charge < -0.3 is 24.3 Å². The summed E-state index contributed by atoms with van der Waals surface area (Å²) in [6.07, 6.45) is 1.05. The van der Waals surface area contributed by atoms with Crippen LogP contribution in [0.1, 0.15) is 27.2 Å². The average Bonchev–Trinajstić information content (AvgIpc) is 2.92. The molecule has 1 aliphatic heterocycles. The molecule has 0 unspecified atom stereocenters. The minimum Gasteiger partial charge on any atom is -0.486 e. The van der Waals surface area contributed by atoms with Gasteiger partial charge in [0, 0.05) is 12.1 Å². The number of nitrogens with one attached hydrogen (secondary N) is 1. The van der Waals surface area contributed by atoms with Gasteiger partial charge in [0.05, 0.1) is 11.8 Å². The molecule has 7 nitrogen and oxygen atoms in total. The Bertz CT molecular complexity index is 779. The van der Waals surface area contributed by atoms with Crippen molar-refractivity contribution in [2.75, 3.05) is 13.2 Å². The Hall–Kier alpha value is -2.96. The van der Waals surface area contributed by atoms with Gasteiger partial charge in [-0.05, 0) is 24.6 Å². The lowest BCUT2D eigenvalue weighted by Crippen LogP contribution is -2.24. The van der Waals surface area contributed by atoms with E-state index < -0.39 is 5.97 Å². The summed E-state index contributed by atoms with van der Waals surface area (Å²) in [5.41, 5.74) is 1.73. The molecule has 7 heteroatoms. The second kappa shape index (κ2) is 6.66. The Labute approximate surface area is 138 Å². The number of benzene rings is 1. The fraction of sp³-hybridized carbons (Fsp3) is 0.294. The number of furan rings is 1. The molecule has 126 valence electrons. The number of carboxylic acids is 1. The quantitative estimate of drug-likeness (QED) is 0.868. The standard InChI is InChI=1S/C17H17NO6/c1-10-9-24-14(7-15(19)20)16(10)17(21)18-8-11-2-3-12-13(6-11)23-5-4-22-12/h2-3,6,9H,4-5,7-8H2,1H3,(H,18,21)(H,19,20). The van der Waals surface area contributed by atoms with Crippen molar-refractivity contribution in [3.05, 3.63) is 46.9 Å². The number of fused-ring (bicyclic) bond motifs is 1. The first-order chi connectivity index (χ1) is 11.5. The smallest absolute Gasteiger partial charge is 0.311 e. The number of carboxylic acid groups (broad SMARTS) is 1. The second-order valence-corrected chi connectivity index (χ2v) is 5.45. The minimum atomic E-state index is -1.05. The van der Waals surface area contributed by atoms with E-state index in [1.807, 2.05) is 12.1 Å². The number of amides is 1. The summed E-state index contributed by atoms with van der Waals surface area (Å²) >= 11 is 0. The van der Waals surface area contributed by atoms with E-state index in [-0.39, 0.29) is 30.2 Å². The molecule has 0 spiro atoms. The van der Waals surface area contributed by atoms with Crippen LogP contribution in [0.4, 0.5) is 0 Å². The minimum absolute atomic E-state index is 0.152. The zero-order valence-corrected chi connectivity index (χ0v) is 13.1. The Kier molecular flexibility index (Phi) is 4.41. The van der Waals surface area contributed by atoms with E-state index in [2.05, 4.69) is 5.32 Å². The highest BCUT2D eigenvalue weighted by Crippen LogP contribution is 2.30. The molecule has 2 N–H and O–H groups in total. The van der Waals surface area contributed by atoms with Crippen LogP contribution < -0.4 is 14.8 Å². The van der Waals surface area contributed by atoms with Crippen molar-refractivity contribution in [3.63, 3.8) is 0 Å². The van der Waals surface area contributed by atoms with Crippen molar-refractivity contribution in [2.24, 2.45) is 0 Å². The largest absolute Gasteiger partial charge is 0.486 e. The van der Waals surface area contributed by atoms with Crippen LogP contribution in [0.5, 0.6) is 11.5 Å². The second-order valence-electron chi connectivity index (χ2n) is 5.45.